The van der Waals surface area contributed by atoms with E-state index in [2.05, 4.69) is 97.9 Å². The lowest BCUT2D eigenvalue weighted by molar-refractivity contribution is 1.47. The molecule has 0 aliphatic rings. The molecule has 1 heterocycles. The van der Waals surface area contributed by atoms with E-state index < -0.39 is 0 Å². The molecule has 0 unspecified atom stereocenters. The van der Waals surface area contributed by atoms with Gasteiger partial charge in [0.05, 0.1) is 0 Å². The van der Waals surface area contributed by atoms with E-state index in [0.29, 0.717) is 0 Å². The Bertz CT molecular complexity index is 1230. The van der Waals surface area contributed by atoms with Crippen LogP contribution in [0, 0.1) is 6.92 Å². The fraction of sp³-hybridized carbons (Fsp3) is 0.0400. The Labute approximate surface area is 157 Å². The molecule has 0 saturated heterocycles. The molecule has 124 valence electrons. The summed E-state index contributed by atoms with van der Waals surface area (Å²) in [7, 11) is 0. The van der Waals surface area contributed by atoms with Gasteiger partial charge in [-0.1, -0.05) is 78.4 Å². The van der Waals surface area contributed by atoms with Gasteiger partial charge in [0.25, 0.3) is 0 Å². The molecule has 5 aromatic rings. The summed E-state index contributed by atoms with van der Waals surface area (Å²) >= 11 is 1.87. The molecule has 1 heteroatoms. The third kappa shape index (κ3) is 2.53. The second kappa shape index (κ2) is 6.12. The maximum Gasteiger partial charge on any atom is 0.0355 e. The van der Waals surface area contributed by atoms with Crippen LogP contribution in [0.1, 0.15) is 5.56 Å². The Balaban J connectivity index is 1.73. The maximum atomic E-state index is 2.35. The molecule has 5 rings (SSSR count). The molecule has 0 bridgehead atoms. The van der Waals surface area contributed by atoms with E-state index in [4.69, 9.17) is 0 Å². The smallest absolute Gasteiger partial charge is 0.0355 e. The van der Waals surface area contributed by atoms with Crippen LogP contribution in [-0.2, 0) is 0 Å². The minimum atomic E-state index is 1.27. The predicted molar refractivity (Wildman–Crippen MR) is 115 cm³/mol. The average molecular weight is 350 g/mol. The van der Waals surface area contributed by atoms with Crippen molar-refractivity contribution >= 4 is 31.5 Å². The molecule has 0 spiro atoms. The van der Waals surface area contributed by atoms with Crippen molar-refractivity contribution in [1.82, 2.24) is 0 Å². The molecule has 26 heavy (non-hydrogen) atoms. The maximum absolute atomic E-state index is 2.35. The number of thiophene rings is 1. The zero-order valence-corrected chi connectivity index (χ0v) is 15.4. The van der Waals surface area contributed by atoms with Crippen LogP contribution in [0.25, 0.3) is 42.4 Å². The van der Waals surface area contributed by atoms with Crippen molar-refractivity contribution in [2.24, 2.45) is 0 Å². The second-order valence-electron chi connectivity index (χ2n) is 6.72. The van der Waals surface area contributed by atoms with Gasteiger partial charge in [-0.2, -0.15) is 0 Å². The molecule has 0 nitrogen and oxygen atoms in total. The third-order valence-electron chi connectivity index (χ3n) is 4.98. The monoisotopic (exact) mass is 350 g/mol. The first-order valence-electron chi connectivity index (χ1n) is 8.87. The summed E-state index contributed by atoms with van der Waals surface area (Å²) in [5, 5.41) is 2.70. The van der Waals surface area contributed by atoms with Crippen LogP contribution in [0.5, 0.6) is 0 Å². The number of hydrogen-bond acceptors (Lipinski definition) is 1. The van der Waals surface area contributed by atoms with Crippen LogP contribution in [0.2, 0.25) is 0 Å². The summed E-state index contributed by atoms with van der Waals surface area (Å²) in [6, 6.07) is 33.0. The van der Waals surface area contributed by atoms with E-state index in [9.17, 15) is 0 Å². The standard InChI is InChI=1S/C25H18S/c1-17-10-12-18(13-11-17)20-6-2-3-7-21(20)19-14-15-25-23(16-19)22-8-4-5-9-24(22)26-25/h2-16H,1H3. The third-order valence-corrected chi connectivity index (χ3v) is 6.13. The summed E-state index contributed by atoms with van der Waals surface area (Å²) in [6.45, 7) is 2.13. The van der Waals surface area contributed by atoms with Crippen LogP contribution in [0.4, 0.5) is 0 Å². The van der Waals surface area contributed by atoms with Crippen LogP contribution >= 0.6 is 11.3 Å². The van der Waals surface area contributed by atoms with Crippen molar-refractivity contribution in [1.29, 1.82) is 0 Å². The molecule has 1 aromatic heterocycles. The lowest BCUT2D eigenvalue weighted by Crippen LogP contribution is -1.85. The molecule has 0 radical (unpaired) electrons. The summed E-state index contributed by atoms with van der Waals surface area (Å²) in [5.41, 5.74) is 6.40. The van der Waals surface area contributed by atoms with Crippen LogP contribution in [0.3, 0.4) is 0 Å². The van der Waals surface area contributed by atoms with Gasteiger partial charge in [0, 0.05) is 20.2 Å². The highest BCUT2D eigenvalue weighted by Gasteiger charge is 2.10. The van der Waals surface area contributed by atoms with Gasteiger partial charge < -0.3 is 0 Å². The first-order valence-corrected chi connectivity index (χ1v) is 9.69. The quantitative estimate of drug-likeness (QED) is 0.306. The summed E-state index contributed by atoms with van der Waals surface area (Å²) in [5.74, 6) is 0. The molecule has 0 saturated carbocycles. The fourth-order valence-electron chi connectivity index (χ4n) is 3.61. The van der Waals surface area contributed by atoms with Gasteiger partial charge in [-0.3, -0.25) is 0 Å². The highest BCUT2D eigenvalue weighted by Crippen LogP contribution is 2.38. The van der Waals surface area contributed by atoms with Crippen LogP contribution < -0.4 is 0 Å². The zero-order valence-electron chi connectivity index (χ0n) is 14.6. The van der Waals surface area contributed by atoms with Crippen LogP contribution in [-0.4, -0.2) is 0 Å². The summed E-state index contributed by atoms with van der Waals surface area (Å²) in [6.07, 6.45) is 0. The number of aryl methyl sites for hydroxylation is 1. The first-order chi connectivity index (χ1) is 12.8. The van der Waals surface area contributed by atoms with E-state index >= 15 is 0 Å². The topological polar surface area (TPSA) is 0 Å². The van der Waals surface area contributed by atoms with Crippen molar-refractivity contribution < 1.29 is 0 Å². The van der Waals surface area contributed by atoms with Gasteiger partial charge in [-0.25, -0.2) is 0 Å². The number of rotatable bonds is 2. The van der Waals surface area contributed by atoms with E-state index in [-0.39, 0.29) is 0 Å². The van der Waals surface area contributed by atoms with Gasteiger partial charge >= 0.3 is 0 Å². The number of fused-ring (bicyclic) bond motifs is 3. The van der Waals surface area contributed by atoms with Gasteiger partial charge in [0.1, 0.15) is 0 Å². The Morgan fingerprint density at radius 1 is 0.538 bits per heavy atom. The Hall–Kier alpha value is -2.90. The van der Waals surface area contributed by atoms with Gasteiger partial charge in [0.15, 0.2) is 0 Å². The summed E-state index contributed by atoms with van der Waals surface area (Å²) < 4.78 is 2.70. The molecule has 0 amide bonds. The lowest BCUT2D eigenvalue weighted by atomic mass is 9.93. The average Bonchev–Trinajstić information content (AvgIpc) is 3.06. The van der Waals surface area contributed by atoms with Crippen molar-refractivity contribution in [2.75, 3.05) is 0 Å². The van der Waals surface area contributed by atoms with E-state index in [1.54, 1.807) is 0 Å². The highest BCUT2D eigenvalue weighted by molar-refractivity contribution is 7.25. The largest absolute Gasteiger partial charge is 0.135 e. The molecule has 0 aliphatic carbocycles. The van der Waals surface area contributed by atoms with Crippen molar-refractivity contribution in [3.63, 3.8) is 0 Å². The van der Waals surface area contributed by atoms with Crippen molar-refractivity contribution in [3.05, 3.63) is 96.6 Å². The number of benzene rings is 4. The number of hydrogen-bond donors (Lipinski definition) is 0. The fourth-order valence-corrected chi connectivity index (χ4v) is 4.70. The van der Waals surface area contributed by atoms with Crippen LogP contribution in [0.15, 0.2) is 91.0 Å². The predicted octanol–water partition coefficient (Wildman–Crippen LogP) is 7.70. The Kier molecular flexibility index (Phi) is 3.62. The molecule has 4 aromatic carbocycles. The molecular weight excluding hydrogens is 332 g/mol. The van der Waals surface area contributed by atoms with E-state index in [1.165, 1.54) is 48.0 Å². The first kappa shape index (κ1) is 15.4. The molecule has 0 fully saturated rings. The van der Waals surface area contributed by atoms with Crippen molar-refractivity contribution in [3.8, 4) is 22.3 Å². The zero-order chi connectivity index (χ0) is 17.5. The Morgan fingerprint density at radius 3 is 1.96 bits per heavy atom. The molecular formula is C25H18S. The van der Waals surface area contributed by atoms with E-state index in [1.807, 2.05) is 11.3 Å². The van der Waals surface area contributed by atoms with Gasteiger partial charge in [-0.15, -0.1) is 11.3 Å². The highest BCUT2D eigenvalue weighted by atomic mass is 32.1. The van der Waals surface area contributed by atoms with Gasteiger partial charge in [0.2, 0.25) is 0 Å². The van der Waals surface area contributed by atoms with E-state index in [0.717, 1.165) is 0 Å². The minimum absolute atomic E-state index is 1.27. The molecule has 0 N–H and O–H groups in total. The SMILES string of the molecule is Cc1ccc(-c2ccccc2-c2ccc3sc4ccccc4c3c2)cc1. The van der Waals surface area contributed by atoms with Crippen molar-refractivity contribution in [2.45, 2.75) is 6.92 Å². The Morgan fingerprint density at radius 2 is 1.15 bits per heavy atom. The lowest BCUT2D eigenvalue weighted by Gasteiger charge is -2.11. The van der Waals surface area contributed by atoms with Gasteiger partial charge in [-0.05, 0) is 47.4 Å². The normalized spacial score (nSPS) is 11.3. The molecule has 0 atom stereocenters. The summed E-state index contributed by atoms with van der Waals surface area (Å²) in [4.78, 5) is 0. The minimum Gasteiger partial charge on any atom is -0.135 e. The second-order valence-corrected chi connectivity index (χ2v) is 7.80. The molecule has 0 aliphatic heterocycles.